The molecule has 0 bridgehead atoms. The van der Waals surface area contributed by atoms with Crippen molar-refractivity contribution in [3.63, 3.8) is 0 Å². The second kappa shape index (κ2) is 6.97. The number of carbonyl (C=O) groups excluding carboxylic acids is 1. The molecule has 2 aromatic rings. The SMILES string of the molecule is Cc1ccc(OC(=O)COc2c(C)cc(Br)cc2C)cc1C. The molecule has 0 fully saturated rings. The molecule has 0 N–H and O–H groups in total. The molecule has 0 amide bonds. The van der Waals surface area contributed by atoms with Crippen molar-refractivity contribution >= 4 is 21.9 Å². The molecule has 0 aliphatic carbocycles. The number of esters is 1. The summed E-state index contributed by atoms with van der Waals surface area (Å²) in [6.07, 6.45) is 0. The van der Waals surface area contributed by atoms with E-state index in [1.165, 1.54) is 0 Å². The molecule has 0 heterocycles. The van der Waals surface area contributed by atoms with Gasteiger partial charge in [-0.05, 0) is 74.2 Å². The van der Waals surface area contributed by atoms with E-state index in [1.807, 2.05) is 52.0 Å². The van der Waals surface area contributed by atoms with Gasteiger partial charge in [0.2, 0.25) is 0 Å². The van der Waals surface area contributed by atoms with Crippen molar-refractivity contribution in [1.82, 2.24) is 0 Å². The minimum atomic E-state index is -0.412. The molecule has 0 aliphatic rings. The van der Waals surface area contributed by atoms with Gasteiger partial charge in [-0.25, -0.2) is 4.79 Å². The highest BCUT2D eigenvalue weighted by Crippen LogP contribution is 2.27. The van der Waals surface area contributed by atoms with Gasteiger partial charge >= 0.3 is 5.97 Å². The molecule has 0 aliphatic heterocycles. The van der Waals surface area contributed by atoms with Gasteiger partial charge in [-0.15, -0.1) is 0 Å². The van der Waals surface area contributed by atoms with Gasteiger partial charge in [0, 0.05) is 4.47 Å². The Morgan fingerprint density at radius 2 is 1.59 bits per heavy atom. The third-order valence-corrected chi connectivity index (χ3v) is 3.93. The summed E-state index contributed by atoms with van der Waals surface area (Å²) in [7, 11) is 0. The minimum absolute atomic E-state index is 0.115. The molecule has 0 saturated carbocycles. The Kier molecular flexibility index (Phi) is 5.24. The van der Waals surface area contributed by atoms with Crippen LogP contribution in [0.4, 0.5) is 0 Å². The van der Waals surface area contributed by atoms with E-state index >= 15 is 0 Å². The molecule has 0 atom stereocenters. The number of hydrogen-bond acceptors (Lipinski definition) is 3. The van der Waals surface area contributed by atoms with Gasteiger partial charge in [-0.2, -0.15) is 0 Å². The van der Waals surface area contributed by atoms with Crippen molar-refractivity contribution in [2.45, 2.75) is 27.7 Å². The van der Waals surface area contributed by atoms with Crippen molar-refractivity contribution in [2.75, 3.05) is 6.61 Å². The molecular formula is C18H19BrO3. The lowest BCUT2D eigenvalue weighted by molar-refractivity contribution is -0.136. The van der Waals surface area contributed by atoms with Crippen LogP contribution >= 0.6 is 15.9 Å². The average molecular weight is 363 g/mol. The summed E-state index contributed by atoms with van der Waals surface area (Å²) in [5.74, 6) is 0.853. The second-order valence-corrected chi connectivity index (χ2v) is 6.29. The highest BCUT2D eigenvalue weighted by Gasteiger charge is 2.10. The Bertz CT molecular complexity index is 684. The molecule has 0 saturated heterocycles. The zero-order chi connectivity index (χ0) is 16.3. The fourth-order valence-electron chi connectivity index (χ4n) is 2.19. The van der Waals surface area contributed by atoms with Crippen LogP contribution in [0.25, 0.3) is 0 Å². The van der Waals surface area contributed by atoms with Crippen LogP contribution in [0.3, 0.4) is 0 Å². The summed E-state index contributed by atoms with van der Waals surface area (Å²) < 4.78 is 11.9. The van der Waals surface area contributed by atoms with Crippen molar-refractivity contribution in [2.24, 2.45) is 0 Å². The fourth-order valence-corrected chi connectivity index (χ4v) is 2.88. The summed E-state index contributed by atoms with van der Waals surface area (Å²) >= 11 is 3.44. The normalized spacial score (nSPS) is 10.4. The summed E-state index contributed by atoms with van der Waals surface area (Å²) in [5.41, 5.74) is 4.21. The fraction of sp³-hybridized carbons (Fsp3) is 0.278. The molecule has 2 aromatic carbocycles. The van der Waals surface area contributed by atoms with Crippen LogP contribution in [0, 0.1) is 27.7 Å². The summed E-state index contributed by atoms with van der Waals surface area (Å²) in [4.78, 5) is 11.9. The Labute approximate surface area is 139 Å². The molecule has 116 valence electrons. The summed E-state index contributed by atoms with van der Waals surface area (Å²) in [6.45, 7) is 7.78. The molecule has 0 spiro atoms. The smallest absolute Gasteiger partial charge is 0.349 e. The third kappa shape index (κ3) is 4.10. The first-order valence-corrected chi connectivity index (χ1v) is 7.83. The molecule has 0 aromatic heterocycles. The molecule has 22 heavy (non-hydrogen) atoms. The number of ether oxygens (including phenoxy) is 2. The average Bonchev–Trinajstić information content (AvgIpc) is 2.41. The maximum Gasteiger partial charge on any atom is 0.349 e. The van der Waals surface area contributed by atoms with E-state index in [-0.39, 0.29) is 6.61 Å². The van der Waals surface area contributed by atoms with Gasteiger partial charge < -0.3 is 9.47 Å². The van der Waals surface area contributed by atoms with Crippen molar-refractivity contribution in [3.8, 4) is 11.5 Å². The number of rotatable bonds is 4. The third-order valence-electron chi connectivity index (χ3n) is 3.47. The Morgan fingerprint density at radius 1 is 0.955 bits per heavy atom. The van der Waals surface area contributed by atoms with Gasteiger partial charge in [-0.1, -0.05) is 22.0 Å². The Balaban J connectivity index is 2.00. The first-order chi connectivity index (χ1) is 10.4. The first-order valence-electron chi connectivity index (χ1n) is 7.04. The number of hydrogen-bond donors (Lipinski definition) is 0. The number of aryl methyl sites for hydroxylation is 4. The molecule has 0 unspecified atom stereocenters. The molecular weight excluding hydrogens is 344 g/mol. The van der Waals surface area contributed by atoms with Crippen molar-refractivity contribution in [3.05, 3.63) is 57.1 Å². The van der Waals surface area contributed by atoms with E-state index < -0.39 is 5.97 Å². The van der Waals surface area contributed by atoms with Gasteiger partial charge in [-0.3, -0.25) is 0 Å². The van der Waals surface area contributed by atoms with Crippen LogP contribution in [-0.2, 0) is 4.79 Å². The monoisotopic (exact) mass is 362 g/mol. The van der Waals surface area contributed by atoms with E-state index in [2.05, 4.69) is 15.9 Å². The maximum absolute atomic E-state index is 11.9. The standard InChI is InChI=1S/C18H19BrO3/c1-11-5-6-16(9-12(11)2)22-17(20)10-21-18-13(3)7-15(19)8-14(18)4/h5-9H,10H2,1-4H3. The van der Waals surface area contributed by atoms with Crippen LogP contribution in [0.2, 0.25) is 0 Å². The predicted octanol–water partition coefficient (Wildman–Crippen LogP) is 4.67. The number of halogens is 1. The maximum atomic E-state index is 11.9. The molecule has 3 nitrogen and oxygen atoms in total. The van der Waals surface area contributed by atoms with Gasteiger partial charge in [0.25, 0.3) is 0 Å². The zero-order valence-electron chi connectivity index (χ0n) is 13.2. The van der Waals surface area contributed by atoms with Crippen LogP contribution in [0.5, 0.6) is 11.5 Å². The quantitative estimate of drug-likeness (QED) is 0.585. The first kappa shape index (κ1) is 16.6. The van der Waals surface area contributed by atoms with Crippen molar-refractivity contribution in [1.29, 1.82) is 0 Å². The van der Waals surface area contributed by atoms with Gasteiger partial charge in [0.05, 0.1) is 0 Å². The summed E-state index contributed by atoms with van der Waals surface area (Å²) in [6, 6.07) is 9.48. The topological polar surface area (TPSA) is 35.5 Å². The van der Waals surface area contributed by atoms with E-state index in [9.17, 15) is 4.79 Å². The predicted molar refractivity (Wildman–Crippen MR) is 90.7 cm³/mol. The van der Waals surface area contributed by atoms with E-state index in [4.69, 9.17) is 9.47 Å². The Hall–Kier alpha value is -1.81. The van der Waals surface area contributed by atoms with Crippen molar-refractivity contribution < 1.29 is 14.3 Å². The number of benzene rings is 2. The van der Waals surface area contributed by atoms with E-state index in [0.29, 0.717) is 5.75 Å². The van der Waals surface area contributed by atoms with Gasteiger partial charge in [0.1, 0.15) is 11.5 Å². The van der Waals surface area contributed by atoms with Crippen LogP contribution in [-0.4, -0.2) is 12.6 Å². The molecule has 4 heteroatoms. The minimum Gasteiger partial charge on any atom is -0.481 e. The highest BCUT2D eigenvalue weighted by molar-refractivity contribution is 9.10. The second-order valence-electron chi connectivity index (χ2n) is 5.38. The van der Waals surface area contributed by atoms with Crippen LogP contribution in [0.1, 0.15) is 22.3 Å². The van der Waals surface area contributed by atoms with Gasteiger partial charge in [0.15, 0.2) is 6.61 Å². The Morgan fingerprint density at radius 3 is 2.18 bits per heavy atom. The summed E-state index contributed by atoms with van der Waals surface area (Å²) in [5, 5.41) is 0. The lowest BCUT2D eigenvalue weighted by Gasteiger charge is -2.12. The van der Waals surface area contributed by atoms with Crippen LogP contribution in [0.15, 0.2) is 34.8 Å². The van der Waals surface area contributed by atoms with Crippen LogP contribution < -0.4 is 9.47 Å². The zero-order valence-corrected chi connectivity index (χ0v) is 14.8. The highest BCUT2D eigenvalue weighted by atomic mass is 79.9. The molecule has 0 radical (unpaired) electrons. The largest absolute Gasteiger partial charge is 0.481 e. The van der Waals surface area contributed by atoms with E-state index in [0.717, 1.165) is 32.5 Å². The lowest BCUT2D eigenvalue weighted by Crippen LogP contribution is -2.18. The van der Waals surface area contributed by atoms with E-state index in [1.54, 1.807) is 6.07 Å². The lowest BCUT2D eigenvalue weighted by atomic mass is 10.1. The molecule has 2 rings (SSSR count). The number of carbonyl (C=O) groups is 1.